The van der Waals surface area contributed by atoms with Crippen molar-refractivity contribution in [3.8, 4) is 6.07 Å². The van der Waals surface area contributed by atoms with E-state index in [1.54, 1.807) is 6.08 Å². The molecule has 3 N–H and O–H groups in total. The summed E-state index contributed by atoms with van der Waals surface area (Å²) >= 11 is 1.24. The summed E-state index contributed by atoms with van der Waals surface area (Å²) in [6, 6.07) is 2.09. The van der Waals surface area contributed by atoms with E-state index < -0.39 is 11.7 Å². The minimum Gasteiger partial charge on any atom is -0.444 e. The molecule has 22 heavy (non-hydrogen) atoms. The number of nitrogens with one attached hydrogen (secondary N) is 1. The molecule has 0 saturated carbocycles. The van der Waals surface area contributed by atoms with Crippen LogP contribution in [0.2, 0.25) is 0 Å². The molecule has 0 saturated heterocycles. The Kier molecular flexibility index (Phi) is 4.52. The quantitative estimate of drug-likeness (QED) is 0.872. The predicted octanol–water partition coefficient (Wildman–Crippen LogP) is 3.05. The Balaban J connectivity index is 2.00. The van der Waals surface area contributed by atoms with E-state index in [0.29, 0.717) is 17.7 Å². The minimum atomic E-state index is -0.534. The number of nitrogens with zero attached hydrogens (tertiary/aromatic N) is 2. The predicted molar refractivity (Wildman–Crippen MR) is 85.2 cm³/mol. The van der Waals surface area contributed by atoms with Gasteiger partial charge < -0.3 is 10.5 Å². The lowest BCUT2D eigenvalue weighted by Crippen LogP contribution is -2.32. The Morgan fingerprint density at radius 1 is 1.59 bits per heavy atom. The Hall–Kier alpha value is -2.33. The van der Waals surface area contributed by atoms with Gasteiger partial charge in [-0.1, -0.05) is 12.2 Å². The van der Waals surface area contributed by atoms with Crippen LogP contribution in [0.1, 0.15) is 43.6 Å². The molecule has 1 atom stereocenters. The molecule has 1 aliphatic rings. The van der Waals surface area contributed by atoms with E-state index in [4.69, 9.17) is 15.7 Å². The van der Waals surface area contributed by atoms with Gasteiger partial charge in [-0.25, -0.2) is 4.79 Å². The summed E-state index contributed by atoms with van der Waals surface area (Å²) < 4.78 is 9.22. The van der Waals surface area contributed by atoms with E-state index in [9.17, 15) is 4.79 Å². The number of rotatable bonds is 2. The molecule has 0 spiro atoms. The van der Waals surface area contributed by atoms with Crippen LogP contribution in [0, 0.1) is 11.3 Å². The Labute approximate surface area is 133 Å². The van der Waals surface area contributed by atoms with Gasteiger partial charge in [0.05, 0.1) is 4.88 Å². The van der Waals surface area contributed by atoms with Crippen LogP contribution in [0.25, 0.3) is 0 Å². The highest BCUT2D eigenvalue weighted by Crippen LogP contribution is 2.33. The standard InChI is InChI=1S/C15H18N4O2S/c1-15(2,3)21-14(20)18-10-6-4-9(5-7-10)12-11(8-16)13(17)19-22-12/h4,6-7,9H,5H2,1-3H3,(H2,17,19)(H,18,20). The molecule has 116 valence electrons. The SMILES string of the molecule is CC(C)(C)OC(=O)NC1=CCC(c2snc(N)c2C#N)C=C1. The lowest BCUT2D eigenvalue weighted by molar-refractivity contribution is 0.0547. The molecular weight excluding hydrogens is 300 g/mol. The van der Waals surface area contributed by atoms with Gasteiger partial charge in [0.1, 0.15) is 17.2 Å². The number of nitrogen functional groups attached to an aromatic ring is 1. The number of aromatic nitrogens is 1. The molecule has 1 aliphatic carbocycles. The van der Waals surface area contributed by atoms with Crippen LogP contribution in [0.3, 0.4) is 0 Å². The maximum Gasteiger partial charge on any atom is 0.412 e. The number of nitriles is 1. The zero-order chi connectivity index (χ0) is 16.3. The number of hydrogen-bond donors (Lipinski definition) is 2. The largest absolute Gasteiger partial charge is 0.444 e. The van der Waals surface area contributed by atoms with E-state index in [1.807, 2.05) is 32.9 Å². The highest BCUT2D eigenvalue weighted by molar-refractivity contribution is 7.06. The monoisotopic (exact) mass is 318 g/mol. The third-order valence-electron chi connectivity index (χ3n) is 2.94. The molecule has 1 amide bonds. The van der Waals surface area contributed by atoms with Crippen molar-refractivity contribution in [2.24, 2.45) is 0 Å². The second kappa shape index (κ2) is 6.20. The number of allylic oxidation sites excluding steroid dienone is 3. The molecule has 7 heteroatoms. The summed E-state index contributed by atoms with van der Waals surface area (Å²) in [5, 5.41) is 11.8. The first-order chi connectivity index (χ1) is 10.3. The number of anilines is 1. The fraction of sp³-hybridized carbons (Fsp3) is 0.400. The average Bonchev–Trinajstić information content (AvgIpc) is 2.78. The highest BCUT2D eigenvalue weighted by atomic mass is 32.1. The Morgan fingerprint density at radius 2 is 2.32 bits per heavy atom. The van der Waals surface area contributed by atoms with Crippen LogP contribution in [-0.4, -0.2) is 16.1 Å². The molecule has 6 nitrogen and oxygen atoms in total. The fourth-order valence-corrected chi connectivity index (χ4v) is 2.85. The number of amides is 1. The van der Waals surface area contributed by atoms with Crippen molar-refractivity contribution in [3.05, 3.63) is 34.4 Å². The first-order valence-electron chi connectivity index (χ1n) is 6.83. The topological polar surface area (TPSA) is 101 Å². The summed E-state index contributed by atoms with van der Waals surface area (Å²) in [6.45, 7) is 5.43. The van der Waals surface area contributed by atoms with E-state index in [0.717, 1.165) is 4.88 Å². The van der Waals surface area contributed by atoms with Gasteiger partial charge in [-0.3, -0.25) is 5.32 Å². The molecule has 1 aromatic rings. The van der Waals surface area contributed by atoms with Gasteiger partial charge in [-0.05, 0) is 44.8 Å². The van der Waals surface area contributed by atoms with Crippen molar-refractivity contribution in [1.82, 2.24) is 9.69 Å². The van der Waals surface area contributed by atoms with Crippen molar-refractivity contribution in [3.63, 3.8) is 0 Å². The first kappa shape index (κ1) is 16.0. The van der Waals surface area contributed by atoms with E-state index in [-0.39, 0.29) is 11.7 Å². The Bertz CT molecular complexity index is 677. The second-order valence-electron chi connectivity index (χ2n) is 5.91. The molecular formula is C15H18N4O2S. The molecule has 0 bridgehead atoms. The summed E-state index contributed by atoms with van der Waals surface area (Å²) in [6.07, 6.45) is 5.81. The van der Waals surface area contributed by atoms with E-state index in [1.165, 1.54) is 11.5 Å². The van der Waals surface area contributed by atoms with Gasteiger partial charge in [0, 0.05) is 11.6 Å². The number of nitrogens with two attached hydrogens (primary N) is 1. The van der Waals surface area contributed by atoms with Gasteiger partial charge in [-0.2, -0.15) is 9.64 Å². The van der Waals surface area contributed by atoms with Gasteiger partial charge in [0.2, 0.25) is 0 Å². The summed E-state index contributed by atoms with van der Waals surface area (Å²) in [4.78, 5) is 12.6. The van der Waals surface area contributed by atoms with Crippen molar-refractivity contribution in [2.75, 3.05) is 5.73 Å². The zero-order valence-corrected chi connectivity index (χ0v) is 13.5. The summed E-state index contributed by atoms with van der Waals surface area (Å²) in [5.41, 5.74) is 6.26. The average molecular weight is 318 g/mol. The van der Waals surface area contributed by atoms with Gasteiger partial charge in [0.25, 0.3) is 0 Å². The molecule has 1 aromatic heterocycles. The van der Waals surface area contributed by atoms with Crippen molar-refractivity contribution < 1.29 is 9.53 Å². The molecule has 0 aliphatic heterocycles. The third-order valence-corrected chi connectivity index (χ3v) is 3.93. The van der Waals surface area contributed by atoms with Crippen molar-refractivity contribution >= 4 is 23.4 Å². The number of alkyl carbamates (subject to hydrolysis) is 1. The van der Waals surface area contributed by atoms with Crippen molar-refractivity contribution in [1.29, 1.82) is 5.26 Å². The Morgan fingerprint density at radius 3 is 2.86 bits per heavy atom. The molecule has 0 aromatic carbocycles. The molecule has 1 heterocycles. The number of carbonyl (C=O) groups excluding carboxylic acids is 1. The second-order valence-corrected chi connectivity index (χ2v) is 6.71. The van der Waals surface area contributed by atoms with Crippen LogP contribution >= 0.6 is 11.5 Å². The molecule has 0 fully saturated rings. The number of carbonyl (C=O) groups is 1. The maximum absolute atomic E-state index is 11.7. The van der Waals surface area contributed by atoms with Gasteiger partial charge >= 0.3 is 6.09 Å². The summed E-state index contributed by atoms with van der Waals surface area (Å²) in [5.74, 6) is 0.325. The van der Waals surface area contributed by atoms with Gasteiger partial charge in [0.15, 0.2) is 5.82 Å². The smallest absolute Gasteiger partial charge is 0.412 e. The van der Waals surface area contributed by atoms with Crippen LogP contribution < -0.4 is 11.1 Å². The fourth-order valence-electron chi connectivity index (χ4n) is 2.01. The highest BCUT2D eigenvalue weighted by Gasteiger charge is 2.21. The van der Waals surface area contributed by atoms with Crippen LogP contribution in [0.15, 0.2) is 23.9 Å². The van der Waals surface area contributed by atoms with E-state index >= 15 is 0 Å². The first-order valence-corrected chi connectivity index (χ1v) is 7.61. The van der Waals surface area contributed by atoms with Crippen LogP contribution in [0.5, 0.6) is 0 Å². The molecule has 1 unspecified atom stereocenters. The minimum absolute atomic E-state index is 0.0497. The number of hydrogen-bond acceptors (Lipinski definition) is 6. The molecule has 2 rings (SSSR count). The zero-order valence-electron chi connectivity index (χ0n) is 12.7. The lowest BCUT2D eigenvalue weighted by atomic mass is 9.95. The normalized spacial score (nSPS) is 17.5. The van der Waals surface area contributed by atoms with Crippen LogP contribution in [-0.2, 0) is 4.74 Å². The summed E-state index contributed by atoms with van der Waals surface area (Å²) in [7, 11) is 0. The van der Waals surface area contributed by atoms with Gasteiger partial charge in [-0.15, -0.1) is 0 Å². The molecule has 0 radical (unpaired) electrons. The van der Waals surface area contributed by atoms with E-state index in [2.05, 4.69) is 15.8 Å². The van der Waals surface area contributed by atoms with Crippen molar-refractivity contribution in [2.45, 2.75) is 38.7 Å². The third kappa shape index (κ3) is 3.86. The lowest BCUT2D eigenvalue weighted by Gasteiger charge is -2.21. The van der Waals surface area contributed by atoms with Crippen LogP contribution in [0.4, 0.5) is 10.6 Å². The maximum atomic E-state index is 11.7. The number of ether oxygens (including phenoxy) is 1.